The first-order valence-corrected chi connectivity index (χ1v) is 11.1. The van der Waals surface area contributed by atoms with Crippen LogP contribution in [0.15, 0.2) is 70.2 Å². The summed E-state index contributed by atoms with van der Waals surface area (Å²) >= 11 is 0. The van der Waals surface area contributed by atoms with Crippen LogP contribution in [0.2, 0.25) is 0 Å². The minimum atomic E-state index is -0.614. The second-order valence-corrected chi connectivity index (χ2v) is 8.52. The van der Waals surface area contributed by atoms with Gasteiger partial charge in [0.05, 0.1) is 17.7 Å². The molecule has 4 heterocycles. The van der Waals surface area contributed by atoms with Crippen LogP contribution in [0.25, 0.3) is 22.2 Å². The Bertz CT molecular complexity index is 1530. The molecule has 1 fully saturated rings. The van der Waals surface area contributed by atoms with E-state index >= 15 is 0 Å². The number of aromatic nitrogens is 1. The van der Waals surface area contributed by atoms with Crippen LogP contribution in [0.1, 0.15) is 17.0 Å². The van der Waals surface area contributed by atoms with Crippen LogP contribution in [-0.2, 0) is 22.6 Å². The third-order valence-electron chi connectivity index (χ3n) is 6.44. The third kappa shape index (κ3) is 3.55. The predicted octanol–water partition coefficient (Wildman–Crippen LogP) is 3.47. The molecule has 4 aromatic rings. The molecule has 0 unspecified atom stereocenters. The number of aromatic amines is 1. The molecule has 0 spiro atoms. The molecule has 1 atom stereocenters. The number of rotatable bonds is 4. The van der Waals surface area contributed by atoms with Crippen LogP contribution >= 0.6 is 0 Å². The first-order chi connectivity index (χ1) is 17.0. The lowest BCUT2D eigenvalue weighted by Gasteiger charge is -2.40. The summed E-state index contributed by atoms with van der Waals surface area (Å²) in [4.78, 5) is 41.6. The Kier molecular flexibility index (Phi) is 4.73. The van der Waals surface area contributed by atoms with Gasteiger partial charge in [0.2, 0.25) is 5.91 Å². The van der Waals surface area contributed by atoms with E-state index in [1.165, 1.54) is 23.4 Å². The van der Waals surface area contributed by atoms with Crippen molar-refractivity contribution in [2.45, 2.75) is 19.0 Å². The molecule has 6 rings (SSSR count). The van der Waals surface area contributed by atoms with Gasteiger partial charge in [-0.25, -0.2) is 5.01 Å². The van der Waals surface area contributed by atoms with Crippen molar-refractivity contribution in [1.82, 2.24) is 14.9 Å². The van der Waals surface area contributed by atoms with Crippen molar-refractivity contribution >= 4 is 34.6 Å². The van der Waals surface area contributed by atoms with E-state index in [2.05, 4.69) is 10.1 Å². The van der Waals surface area contributed by atoms with Crippen molar-refractivity contribution in [2.24, 2.45) is 5.10 Å². The molecule has 2 aromatic carbocycles. The number of carbonyl (C=O) groups excluding carboxylic acids is 2. The van der Waals surface area contributed by atoms with E-state index < -0.39 is 11.0 Å². The number of hydrazone groups is 1. The van der Waals surface area contributed by atoms with Crippen LogP contribution in [0.4, 0.5) is 5.69 Å². The summed E-state index contributed by atoms with van der Waals surface area (Å²) in [5.41, 5.74) is 3.52. The quantitative estimate of drug-likeness (QED) is 0.278. The van der Waals surface area contributed by atoms with Gasteiger partial charge in [0.25, 0.3) is 11.6 Å². The molecule has 2 aliphatic rings. The molecule has 0 bridgehead atoms. The number of carbonyl (C=O) groups is 2. The fraction of sp³-hybridized carbons (Fsp3) is 0.160. The molecule has 1 saturated heterocycles. The smallest absolute Gasteiger partial charge is 0.270 e. The van der Waals surface area contributed by atoms with Gasteiger partial charge < -0.3 is 14.3 Å². The average molecular weight is 469 g/mol. The van der Waals surface area contributed by atoms with Crippen molar-refractivity contribution in [2.75, 3.05) is 6.54 Å². The molecule has 10 nitrogen and oxygen atoms in total. The minimum absolute atomic E-state index is 0.0399. The number of furan rings is 1. The number of amides is 2. The molecule has 0 aliphatic carbocycles. The zero-order valence-electron chi connectivity index (χ0n) is 18.4. The van der Waals surface area contributed by atoms with Gasteiger partial charge >= 0.3 is 0 Å². The maximum Gasteiger partial charge on any atom is 0.270 e. The van der Waals surface area contributed by atoms with E-state index in [0.717, 1.165) is 22.2 Å². The number of para-hydroxylation sites is 1. The van der Waals surface area contributed by atoms with Gasteiger partial charge in [-0.2, -0.15) is 5.10 Å². The number of nitrogens with zero attached hydrogens (tertiary/aromatic N) is 4. The lowest BCUT2D eigenvalue weighted by atomic mass is 9.94. The molecule has 0 saturated carbocycles. The Morgan fingerprint density at radius 1 is 1.09 bits per heavy atom. The van der Waals surface area contributed by atoms with Crippen molar-refractivity contribution in [3.8, 4) is 11.3 Å². The van der Waals surface area contributed by atoms with Gasteiger partial charge in [-0.05, 0) is 23.8 Å². The maximum atomic E-state index is 13.2. The number of nitro benzene ring substituents is 1. The molecule has 2 amide bonds. The highest BCUT2D eigenvalue weighted by atomic mass is 16.6. The molecule has 2 aliphatic heterocycles. The number of piperazine rings is 1. The number of nitrogens with one attached hydrogen (secondary N) is 1. The number of benzene rings is 2. The predicted molar refractivity (Wildman–Crippen MR) is 126 cm³/mol. The largest absolute Gasteiger partial charge is 0.455 e. The number of hydrogen-bond donors (Lipinski definition) is 1. The number of hydrogen-bond acceptors (Lipinski definition) is 6. The second kappa shape index (κ2) is 7.94. The Morgan fingerprint density at radius 2 is 1.94 bits per heavy atom. The van der Waals surface area contributed by atoms with Gasteiger partial charge in [-0.1, -0.05) is 30.3 Å². The molecule has 35 heavy (non-hydrogen) atoms. The van der Waals surface area contributed by atoms with Crippen molar-refractivity contribution in [3.63, 3.8) is 0 Å². The van der Waals surface area contributed by atoms with Crippen LogP contribution < -0.4 is 0 Å². The normalized spacial score (nSPS) is 17.8. The SMILES string of the molecule is O=C1[C@@H]2Cc3c([nH]c4ccccc34)CN2C(=O)CN1/N=C/c1ccc(-c2cccc([N+](=O)[O-])c2)o1. The Hall–Kier alpha value is -4.73. The van der Waals surface area contributed by atoms with E-state index in [1.807, 2.05) is 24.3 Å². The maximum absolute atomic E-state index is 13.2. The van der Waals surface area contributed by atoms with Crippen molar-refractivity contribution < 1.29 is 18.9 Å². The fourth-order valence-corrected chi connectivity index (χ4v) is 4.73. The van der Waals surface area contributed by atoms with E-state index in [-0.39, 0.29) is 24.0 Å². The number of fused-ring (bicyclic) bond motifs is 4. The number of nitro groups is 1. The Balaban J connectivity index is 1.23. The van der Waals surface area contributed by atoms with Crippen molar-refractivity contribution in [1.29, 1.82) is 0 Å². The monoisotopic (exact) mass is 469 g/mol. The minimum Gasteiger partial charge on any atom is -0.455 e. The first-order valence-electron chi connectivity index (χ1n) is 11.1. The van der Waals surface area contributed by atoms with E-state index in [0.29, 0.717) is 30.0 Å². The van der Waals surface area contributed by atoms with Crippen LogP contribution in [0.5, 0.6) is 0 Å². The van der Waals surface area contributed by atoms with Gasteiger partial charge in [0.15, 0.2) is 0 Å². The zero-order valence-corrected chi connectivity index (χ0v) is 18.4. The van der Waals surface area contributed by atoms with Gasteiger partial charge in [0, 0.05) is 40.7 Å². The van der Waals surface area contributed by atoms with Crippen LogP contribution in [0, 0.1) is 10.1 Å². The summed E-state index contributed by atoms with van der Waals surface area (Å²) in [7, 11) is 0. The highest BCUT2D eigenvalue weighted by Crippen LogP contribution is 2.32. The first kappa shape index (κ1) is 20.8. The molecule has 2 aromatic heterocycles. The summed E-state index contributed by atoms with van der Waals surface area (Å²) in [6.07, 6.45) is 1.80. The topological polar surface area (TPSA) is 125 Å². The third-order valence-corrected chi connectivity index (χ3v) is 6.44. The molecular formula is C25H19N5O5. The summed E-state index contributed by atoms with van der Waals surface area (Å²) in [5.74, 6) is 0.369. The van der Waals surface area contributed by atoms with Gasteiger partial charge in [-0.3, -0.25) is 19.7 Å². The summed E-state index contributed by atoms with van der Waals surface area (Å²) < 4.78 is 5.74. The van der Waals surface area contributed by atoms with Crippen molar-refractivity contribution in [3.05, 3.63) is 87.8 Å². The fourth-order valence-electron chi connectivity index (χ4n) is 4.73. The summed E-state index contributed by atoms with van der Waals surface area (Å²) in [6, 6.07) is 16.7. The summed E-state index contributed by atoms with van der Waals surface area (Å²) in [6.45, 7) is 0.210. The lowest BCUT2D eigenvalue weighted by Crippen LogP contribution is -2.60. The highest BCUT2D eigenvalue weighted by Gasteiger charge is 2.43. The standard InChI is InChI=1S/C25H19N5O5/c31-24-14-29(26-12-17-8-9-23(35-17)15-4-3-5-16(10-15)30(33)34)25(32)22-11-19-18-6-1-2-7-20(18)27-21(19)13-28(22)24/h1-10,12,22,27H,11,13-14H2/b26-12+/t22-/m0/s1. The number of non-ortho nitro benzene ring substituents is 1. The molecule has 174 valence electrons. The Morgan fingerprint density at radius 3 is 2.80 bits per heavy atom. The lowest BCUT2D eigenvalue weighted by molar-refractivity contribution is -0.384. The highest BCUT2D eigenvalue weighted by molar-refractivity contribution is 5.97. The molecule has 1 N–H and O–H groups in total. The molecular weight excluding hydrogens is 450 g/mol. The number of H-pyrrole nitrogens is 1. The molecule has 0 radical (unpaired) electrons. The van der Waals surface area contributed by atoms with Crippen LogP contribution in [0.3, 0.4) is 0 Å². The van der Waals surface area contributed by atoms with E-state index in [4.69, 9.17) is 4.42 Å². The van der Waals surface area contributed by atoms with E-state index in [9.17, 15) is 19.7 Å². The van der Waals surface area contributed by atoms with Gasteiger partial charge in [0.1, 0.15) is 24.1 Å². The molecule has 10 heteroatoms. The zero-order chi connectivity index (χ0) is 24.1. The van der Waals surface area contributed by atoms with E-state index in [1.54, 1.807) is 29.2 Å². The Labute approximate surface area is 198 Å². The average Bonchev–Trinajstić information content (AvgIpc) is 3.49. The second-order valence-electron chi connectivity index (χ2n) is 8.52. The summed E-state index contributed by atoms with van der Waals surface area (Å²) in [5, 5.41) is 17.5. The van der Waals surface area contributed by atoms with Gasteiger partial charge in [-0.15, -0.1) is 0 Å². The van der Waals surface area contributed by atoms with Crippen LogP contribution in [-0.4, -0.2) is 50.4 Å².